The highest BCUT2D eigenvalue weighted by molar-refractivity contribution is 5.94. The first-order valence-electron chi connectivity index (χ1n) is 10.3. The maximum atomic E-state index is 12.5. The number of fused-ring (bicyclic) bond motifs is 1. The van der Waals surface area contributed by atoms with E-state index in [1.165, 1.54) is 6.42 Å². The molecule has 0 spiro atoms. The third kappa shape index (κ3) is 4.64. The average Bonchev–Trinajstić information content (AvgIpc) is 3.32. The van der Waals surface area contributed by atoms with Crippen LogP contribution in [0.3, 0.4) is 0 Å². The zero-order chi connectivity index (χ0) is 20.2. The molecular formula is C21H28N2O6. The Kier molecular flexibility index (Phi) is 6.20. The Bertz CT molecular complexity index is 718. The van der Waals surface area contributed by atoms with E-state index in [2.05, 4.69) is 10.6 Å². The zero-order valence-electron chi connectivity index (χ0n) is 16.6. The summed E-state index contributed by atoms with van der Waals surface area (Å²) in [4.78, 5) is 24.7. The van der Waals surface area contributed by atoms with Crippen LogP contribution in [0.25, 0.3) is 0 Å². The summed E-state index contributed by atoms with van der Waals surface area (Å²) < 4.78 is 22.3. The zero-order valence-corrected chi connectivity index (χ0v) is 16.6. The maximum Gasteiger partial charge on any atom is 0.407 e. The van der Waals surface area contributed by atoms with E-state index in [-0.39, 0.29) is 36.8 Å². The molecule has 29 heavy (non-hydrogen) atoms. The summed E-state index contributed by atoms with van der Waals surface area (Å²) >= 11 is 0. The number of rotatable bonds is 5. The van der Waals surface area contributed by atoms with Gasteiger partial charge >= 0.3 is 6.09 Å². The third-order valence-electron chi connectivity index (χ3n) is 5.86. The van der Waals surface area contributed by atoms with Crippen molar-refractivity contribution in [3.05, 3.63) is 29.8 Å². The minimum absolute atomic E-state index is 0.190. The lowest BCUT2D eigenvalue weighted by Gasteiger charge is -2.24. The molecule has 2 N–H and O–H groups in total. The normalized spacial score (nSPS) is 29.1. The van der Waals surface area contributed by atoms with Crippen molar-refractivity contribution in [2.75, 3.05) is 20.3 Å². The molecule has 0 unspecified atom stereocenters. The molecule has 4 rings (SSSR count). The molecule has 4 atom stereocenters. The topological polar surface area (TPSA) is 95.1 Å². The Morgan fingerprint density at radius 2 is 1.69 bits per heavy atom. The average molecular weight is 404 g/mol. The number of benzene rings is 1. The number of amides is 2. The molecule has 8 heteroatoms. The molecule has 158 valence electrons. The summed E-state index contributed by atoms with van der Waals surface area (Å²) in [6.45, 7) is 0.587. The second-order valence-corrected chi connectivity index (χ2v) is 7.83. The van der Waals surface area contributed by atoms with Crippen LogP contribution in [0.15, 0.2) is 24.3 Å². The first kappa shape index (κ1) is 20.0. The number of carbonyl (C=O) groups is 2. The van der Waals surface area contributed by atoms with E-state index in [4.69, 9.17) is 18.9 Å². The van der Waals surface area contributed by atoms with Crippen molar-refractivity contribution in [3.8, 4) is 5.75 Å². The van der Waals surface area contributed by atoms with Gasteiger partial charge in [-0.1, -0.05) is 19.3 Å². The first-order valence-corrected chi connectivity index (χ1v) is 10.3. The van der Waals surface area contributed by atoms with Crippen LogP contribution >= 0.6 is 0 Å². The van der Waals surface area contributed by atoms with Crippen LogP contribution in [-0.2, 0) is 14.2 Å². The predicted octanol–water partition coefficient (Wildman–Crippen LogP) is 2.02. The number of nitrogens with one attached hydrogen (secondary N) is 2. The summed E-state index contributed by atoms with van der Waals surface area (Å²) in [5.74, 6) is 0.487. The molecule has 3 fully saturated rings. The molecule has 8 nitrogen and oxygen atoms in total. The number of carbonyl (C=O) groups excluding carboxylic acids is 2. The van der Waals surface area contributed by atoms with Gasteiger partial charge in [-0.3, -0.25) is 4.79 Å². The fourth-order valence-electron chi connectivity index (χ4n) is 4.27. The molecule has 1 aliphatic carbocycles. The minimum atomic E-state index is -0.466. The highest BCUT2D eigenvalue weighted by Gasteiger charge is 2.50. The number of ether oxygens (including phenoxy) is 4. The van der Waals surface area contributed by atoms with Crippen LogP contribution in [0.5, 0.6) is 5.75 Å². The standard InChI is InChI=1S/C21H28N2O6/c1-26-15-9-7-13(8-10-15)20(24)23-16-11-27-19-17(12-28-18(16)19)29-21(25)22-14-5-3-2-4-6-14/h7-10,14,16-19H,2-6,11-12H2,1H3,(H,22,25)(H,23,24)/t16-,17-,18-,19+/m1/s1. The summed E-state index contributed by atoms with van der Waals surface area (Å²) in [6, 6.07) is 6.80. The Morgan fingerprint density at radius 3 is 2.41 bits per heavy atom. The van der Waals surface area contributed by atoms with Gasteiger partial charge in [0, 0.05) is 11.6 Å². The van der Waals surface area contributed by atoms with Gasteiger partial charge < -0.3 is 29.6 Å². The Morgan fingerprint density at radius 1 is 0.966 bits per heavy atom. The molecule has 0 radical (unpaired) electrons. The Hall–Kier alpha value is -2.32. The van der Waals surface area contributed by atoms with Crippen molar-refractivity contribution < 1.29 is 28.5 Å². The molecule has 1 saturated carbocycles. The summed E-state index contributed by atoms with van der Waals surface area (Å²) in [6.07, 6.45) is 3.92. The smallest absolute Gasteiger partial charge is 0.407 e. The Labute approximate surface area is 170 Å². The van der Waals surface area contributed by atoms with Crippen LogP contribution in [0.4, 0.5) is 4.79 Å². The van der Waals surface area contributed by atoms with Gasteiger partial charge in [0.15, 0.2) is 6.10 Å². The molecule has 2 aliphatic heterocycles. The number of hydrogen-bond acceptors (Lipinski definition) is 6. The van der Waals surface area contributed by atoms with Gasteiger partial charge in [0.1, 0.15) is 18.0 Å². The van der Waals surface area contributed by atoms with Gasteiger partial charge in [-0.25, -0.2) is 4.79 Å². The van der Waals surface area contributed by atoms with Crippen molar-refractivity contribution in [1.82, 2.24) is 10.6 Å². The molecule has 2 saturated heterocycles. The summed E-state index contributed by atoms with van der Waals surface area (Å²) in [7, 11) is 1.58. The van der Waals surface area contributed by atoms with Gasteiger partial charge in [0.2, 0.25) is 0 Å². The van der Waals surface area contributed by atoms with Crippen molar-refractivity contribution in [2.45, 2.75) is 62.5 Å². The van der Waals surface area contributed by atoms with E-state index >= 15 is 0 Å². The SMILES string of the molecule is COc1ccc(C(=O)N[C@@H]2CO[C@@H]3[C@@H]2OC[C@H]3OC(=O)NC2CCCCC2)cc1. The van der Waals surface area contributed by atoms with E-state index in [0.29, 0.717) is 17.9 Å². The predicted molar refractivity (Wildman–Crippen MR) is 104 cm³/mol. The van der Waals surface area contributed by atoms with Crippen LogP contribution in [0.1, 0.15) is 42.5 Å². The Balaban J connectivity index is 1.28. The number of hydrogen-bond donors (Lipinski definition) is 2. The van der Waals surface area contributed by atoms with Crippen molar-refractivity contribution >= 4 is 12.0 Å². The molecule has 0 aromatic heterocycles. The lowest BCUT2D eigenvalue weighted by atomic mass is 9.96. The lowest BCUT2D eigenvalue weighted by Crippen LogP contribution is -2.45. The van der Waals surface area contributed by atoms with Crippen LogP contribution in [0, 0.1) is 0 Å². The van der Waals surface area contributed by atoms with E-state index in [1.807, 2.05) is 0 Å². The van der Waals surface area contributed by atoms with Crippen LogP contribution in [-0.4, -0.2) is 62.7 Å². The quantitative estimate of drug-likeness (QED) is 0.780. The van der Waals surface area contributed by atoms with Gasteiger partial charge in [0.05, 0.1) is 26.4 Å². The summed E-state index contributed by atoms with van der Waals surface area (Å²) in [5.41, 5.74) is 0.534. The van der Waals surface area contributed by atoms with E-state index in [0.717, 1.165) is 25.7 Å². The van der Waals surface area contributed by atoms with Crippen molar-refractivity contribution in [2.24, 2.45) is 0 Å². The van der Waals surface area contributed by atoms with Crippen LogP contribution < -0.4 is 15.4 Å². The maximum absolute atomic E-state index is 12.5. The van der Waals surface area contributed by atoms with Crippen molar-refractivity contribution in [3.63, 3.8) is 0 Å². The fourth-order valence-corrected chi connectivity index (χ4v) is 4.27. The second-order valence-electron chi connectivity index (χ2n) is 7.83. The monoisotopic (exact) mass is 404 g/mol. The van der Waals surface area contributed by atoms with Crippen molar-refractivity contribution in [1.29, 1.82) is 0 Å². The molecule has 2 heterocycles. The van der Waals surface area contributed by atoms with E-state index in [9.17, 15) is 9.59 Å². The van der Waals surface area contributed by atoms with E-state index < -0.39 is 12.2 Å². The van der Waals surface area contributed by atoms with Crippen LogP contribution in [0.2, 0.25) is 0 Å². The van der Waals surface area contributed by atoms with Gasteiger partial charge in [-0.05, 0) is 37.1 Å². The molecule has 0 bridgehead atoms. The van der Waals surface area contributed by atoms with Gasteiger partial charge in [-0.15, -0.1) is 0 Å². The fraction of sp³-hybridized carbons (Fsp3) is 0.619. The van der Waals surface area contributed by atoms with Gasteiger partial charge in [-0.2, -0.15) is 0 Å². The molecule has 3 aliphatic rings. The molecule has 1 aromatic rings. The third-order valence-corrected chi connectivity index (χ3v) is 5.86. The number of alkyl carbamates (subject to hydrolysis) is 1. The molecular weight excluding hydrogens is 376 g/mol. The number of methoxy groups -OCH3 is 1. The highest BCUT2D eigenvalue weighted by Crippen LogP contribution is 2.29. The molecule has 1 aromatic carbocycles. The highest BCUT2D eigenvalue weighted by atomic mass is 16.6. The second kappa shape index (κ2) is 9.00. The summed E-state index contributed by atoms with van der Waals surface area (Å²) in [5, 5.41) is 5.91. The van der Waals surface area contributed by atoms with E-state index in [1.54, 1.807) is 31.4 Å². The minimum Gasteiger partial charge on any atom is -0.497 e. The lowest BCUT2D eigenvalue weighted by molar-refractivity contribution is 0.00261. The molecule has 2 amide bonds. The first-order chi connectivity index (χ1) is 14.1. The van der Waals surface area contributed by atoms with Gasteiger partial charge in [0.25, 0.3) is 5.91 Å². The largest absolute Gasteiger partial charge is 0.497 e.